The maximum atomic E-state index is 12.6. The second-order valence-electron chi connectivity index (χ2n) is 5.88. The summed E-state index contributed by atoms with van der Waals surface area (Å²) >= 11 is 0. The standard InChI is InChI=1S/C17H22N4O3/c1-23-11-14-8-15(24-2)9-21(14)16(22)10-20-12-18-17(19-20)13-6-4-3-5-7-13/h3-7,12,14-15H,8-11H2,1-2H3/t14-,15-/m0/s1. The van der Waals surface area contributed by atoms with Crippen LogP contribution >= 0.6 is 0 Å². The van der Waals surface area contributed by atoms with Crippen LogP contribution in [0.15, 0.2) is 36.7 Å². The van der Waals surface area contributed by atoms with Crippen molar-refractivity contribution in [3.8, 4) is 11.4 Å². The van der Waals surface area contributed by atoms with E-state index in [2.05, 4.69) is 10.1 Å². The lowest BCUT2D eigenvalue weighted by Gasteiger charge is -2.23. The Morgan fingerprint density at radius 2 is 2.08 bits per heavy atom. The van der Waals surface area contributed by atoms with Gasteiger partial charge in [0.2, 0.25) is 5.91 Å². The second kappa shape index (κ2) is 7.55. The number of likely N-dealkylation sites (tertiary alicyclic amines) is 1. The highest BCUT2D eigenvalue weighted by Gasteiger charge is 2.35. The number of aromatic nitrogens is 3. The molecule has 24 heavy (non-hydrogen) atoms. The van der Waals surface area contributed by atoms with E-state index in [1.807, 2.05) is 35.2 Å². The maximum Gasteiger partial charge on any atom is 0.244 e. The number of methoxy groups -OCH3 is 2. The van der Waals surface area contributed by atoms with E-state index in [4.69, 9.17) is 9.47 Å². The van der Waals surface area contributed by atoms with Crippen LogP contribution in [0.5, 0.6) is 0 Å². The predicted molar refractivity (Wildman–Crippen MR) is 88.2 cm³/mol. The molecule has 2 atom stereocenters. The zero-order valence-electron chi connectivity index (χ0n) is 14.0. The zero-order chi connectivity index (χ0) is 16.9. The fourth-order valence-electron chi connectivity index (χ4n) is 3.02. The smallest absolute Gasteiger partial charge is 0.244 e. The number of ether oxygens (including phenoxy) is 2. The van der Waals surface area contributed by atoms with E-state index < -0.39 is 0 Å². The molecule has 7 heteroatoms. The third-order valence-electron chi connectivity index (χ3n) is 4.25. The number of rotatable bonds is 6. The van der Waals surface area contributed by atoms with Gasteiger partial charge in [0.25, 0.3) is 0 Å². The fraction of sp³-hybridized carbons (Fsp3) is 0.471. The molecule has 1 saturated heterocycles. The predicted octanol–water partition coefficient (Wildman–Crippen LogP) is 1.21. The van der Waals surface area contributed by atoms with Crippen LogP contribution in [0.1, 0.15) is 6.42 Å². The third-order valence-corrected chi connectivity index (χ3v) is 4.25. The summed E-state index contributed by atoms with van der Waals surface area (Å²) in [5.41, 5.74) is 0.932. The Bertz CT molecular complexity index is 673. The number of amides is 1. The highest BCUT2D eigenvalue weighted by molar-refractivity contribution is 5.76. The summed E-state index contributed by atoms with van der Waals surface area (Å²) in [6.45, 7) is 1.26. The van der Waals surface area contributed by atoms with Crippen LogP contribution in [0.25, 0.3) is 11.4 Å². The zero-order valence-corrected chi connectivity index (χ0v) is 14.0. The van der Waals surface area contributed by atoms with Gasteiger partial charge in [-0.05, 0) is 6.42 Å². The van der Waals surface area contributed by atoms with Gasteiger partial charge in [-0.2, -0.15) is 5.10 Å². The highest BCUT2D eigenvalue weighted by atomic mass is 16.5. The van der Waals surface area contributed by atoms with Crippen LogP contribution in [-0.4, -0.2) is 65.1 Å². The minimum absolute atomic E-state index is 0.00103. The van der Waals surface area contributed by atoms with Crippen molar-refractivity contribution in [3.05, 3.63) is 36.7 Å². The highest BCUT2D eigenvalue weighted by Crippen LogP contribution is 2.21. The lowest BCUT2D eigenvalue weighted by atomic mass is 10.2. The van der Waals surface area contributed by atoms with Crippen molar-refractivity contribution in [2.45, 2.75) is 25.1 Å². The molecule has 1 fully saturated rings. The van der Waals surface area contributed by atoms with Crippen molar-refractivity contribution in [1.82, 2.24) is 19.7 Å². The van der Waals surface area contributed by atoms with E-state index in [0.717, 1.165) is 12.0 Å². The van der Waals surface area contributed by atoms with E-state index in [-0.39, 0.29) is 24.6 Å². The van der Waals surface area contributed by atoms with Crippen molar-refractivity contribution in [2.75, 3.05) is 27.4 Å². The summed E-state index contributed by atoms with van der Waals surface area (Å²) in [4.78, 5) is 18.7. The first kappa shape index (κ1) is 16.6. The summed E-state index contributed by atoms with van der Waals surface area (Å²) < 4.78 is 12.2. The molecule has 0 bridgehead atoms. The lowest BCUT2D eigenvalue weighted by Crippen LogP contribution is -2.40. The molecular weight excluding hydrogens is 308 g/mol. The number of carbonyl (C=O) groups is 1. The molecule has 128 valence electrons. The second-order valence-corrected chi connectivity index (χ2v) is 5.88. The van der Waals surface area contributed by atoms with Gasteiger partial charge in [-0.1, -0.05) is 30.3 Å². The Kier molecular flexibility index (Phi) is 5.22. The largest absolute Gasteiger partial charge is 0.383 e. The van der Waals surface area contributed by atoms with Crippen molar-refractivity contribution >= 4 is 5.91 Å². The fourth-order valence-corrected chi connectivity index (χ4v) is 3.02. The Hall–Kier alpha value is -2.25. The third kappa shape index (κ3) is 3.63. The van der Waals surface area contributed by atoms with E-state index >= 15 is 0 Å². The van der Waals surface area contributed by atoms with E-state index in [0.29, 0.717) is 19.0 Å². The van der Waals surface area contributed by atoms with Crippen LogP contribution in [0.4, 0.5) is 0 Å². The quantitative estimate of drug-likeness (QED) is 0.796. The molecular formula is C17H22N4O3. The number of nitrogens with zero attached hydrogens (tertiary/aromatic N) is 4. The van der Waals surface area contributed by atoms with Crippen LogP contribution < -0.4 is 0 Å². The molecule has 0 aliphatic carbocycles. The number of benzene rings is 1. The van der Waals surface area contributed by atoms with E-state index in [9.17, 15) is 4.79 Å². The lowest BCUT2D eigenvalue weighted by molar-refractivity contribution is -0.134. The molecule has 0 saturated carbocycles. The molecule has 3 rings (SSSR count). The molecule has 1 amide bonds. The van der Waals surface area contributed by atoms with E-state index in [1.165, 1.54) is 0 Å². The topological polar surface area (TPSA) is 69.5 Å². The number of carbonyl (C=O) groups excluding carboxylic acids is 1. The first-order valence-corrected chi connectivity index (χ1v) is 7.97. The van der Waals surface area contributed by atoms with Gasteiger partial charge in [0.05, 0.1) is 18.8 Å². The molecule has 0 spiro atoms. The first-order valence-electron chi connectivity index (χ1n) is 7.97. The monoisotopic (exact) mass is 330 g/mol. The van der Waals surface area contributed by atoms with Gasteiger partial charge in [0.15, 0.2) is 5.82 Å². The van der Waals surface area contributed by atoms with Crippen molar-refractivity contribution in [3.63, 3.8) is 0 Å². The summed E-state index contributed by atoms with van der Waals surface area (Å²) in [5, 5.41) is 4.40. The van der Waals surface area contributed by atoms with Gasteiger partial charge < -0.3 is 14.4 Å². The number of hydrogen-bond donors (Lipinski definition) is 0. The Labute approximate surface area is 141 Å². The molecule has 1 aliphatic heterocycles. The molecule has 0 radical (unpaired) electrons. The van der Waals surface area contributed by atoms with Crippen molar-refractivity contribution in [1.29, 1.82) is 0 Å². The van der Waals surface area contributed by atoms with Gasteiger partial charge in [0, 0.05) is 26.3 Å². The van der Waals surface area contributed by atoms with Crippen molar-refractivity contribution < 1.29 is 14.3 Å². The molecule has 7 nitrogen and oxygen atoms in total. The molecule has 0 unspecified atom stereocenters. The average Bonchev–Trinajstić information content (AvgIpc) is 3.23. The molecule has 2 heterocycles. The summed E-state index contributed by atoms with van der Waals surface area (Å²) in [5.74, 6) is 0.620. The molecule has 1 aromatic heterocycles. The van der Waals surface area contributed by atoms with Gasteiger partial charge >= 0.3 is 0 Å². The molecule has 0 N–H and O–H groups in total. The Balaban J connectivity index is 1.67. The van der Waals surface area contributed by atoms with E-state index in [1.54, 1.807) is 25.2 Å². The van der Waals surface area contributed by atoms with Crippen LogP contribution in [-0.2, 0) is 20.8 Å². The number of hydrogen-bond acceptors (Lipinski definition) is 5. The maximum absolute atomic E-state index is 12.6. The van der Waals surface area contributed by atoms with Crippen LogP contribution in [0.2, 0.25) is 0 Å². The van der Waals surface area contributed by atoms with Gasteiger partial charge in [-0.3, -0.25) is 4.79 Å². The van der Waals surface area contributed by atoms with Crippen molar-refractivity contribution in [2.24, 2.45) is 0 Å². The van der Waals surface area contributed by atoms with Gasteiger partial charge in [-0.15, -0.1) is 0 Å². The van der Waals surface area contributed by atoms with Crippen LogP contribution in [0.3, 0.4) is 0 Å². The Morgan fingerprint density at radius 3 is 2.79 bits per heavy atom. The van der Waals surface area contributed by atoms with Gasteiger partial charge in [-0.25, -0.2) is 9.67 Å². The molecule has 2 aromatic rings. The van der Waals surface area contributed by atoms with Crippen LogP contribution in [0, 0.1) is 0 Å². The summed E-state index contributed by atoms with van der Waals surface area (Å²) in [7, 11) is 3.32. The first-order chi connectivity index (χ1) is 11.7. The average molecular weight is 330 g/mol. The summed E-state index contributed by atoms with van der Waals surface area (Å²) in [6, 6.07) is 9.75. The molecule has 1 aromatic carbocycles. The summed E-state index contributed by atoms with van der Waals surface area (Å²) in [6.07, 6.45) is 2.45. The van der Waals surface area contributed by atoms with Gasteiger partial charge in [0.1, 0.15) is 12.9 Å². The Morgan fingerprint density at radius 1 is 1.29 bits per heavy atom. The SMILES string of the molecule is COC[C@@H]1C[C@H](OC)CN1C(=O)Cn1cnc(-c2ccccc2)n1. The minimum atomic E-state index is 0.00103. The minimum Gasteiger partial charge on any atom is -0.383 e. The molecule has 1 aliphatic rings. The normalized spacial score (nSPS) is 20.5.